The van der Waals surface area contributed by atoms with Gasteiger partial charge in [-0.25, -0.2) is 13.4 Å². The molecule has 3 aromatic rings. The summed E-state index contributed by atoms with van der Waals surface area (Å²) in [7, 11) is -3.80. The summed E-state index contributed by atoms with van der Waals surface area (Å²) in [6, 6.07) is 6.34. The van der Waals surface area contributed by atoms with E-state index in [0.717, 1.165) is 11.3 Å². The standard InChI is InChI=1S/C16H15N5O5S2/c22-16(21-5-7-25-8-6-21)15-18-14(19-26-15)11-9-13(27-10-11)28(23,24)20-12-3-1-2-4-17-12/h1-4,9-10H,5-8H2,(H,17,20). The Hall–Kier alpha value is -2.83. The summed E-state index contributed by atoms with van der Waals surface area (Å²) in [6.45, 7) is 1.83. The minimum Gasteiger partial charge on any atom is -0.378 e. The van der Waals surface area contributed by atoms with Crippen LogP contribution in [0.15, 0.2) is 44.6 Å². The lowest BCUT2D eigenvalue weighted by molar-refractivity contribution is 0.0272. The third kappa shape index (κ3) is 3.88. The maximum Gasteiger partial charge on any atom is 0.316 e. The number of rotatable bonds is 5. The number of ether oxygens (including phenoxy) is 1. The van der Waals surface area contributed by atoms with Crippen LogP contribution in [-0.2, 0) is 14.8 Å². The Morgan fingerprint density at radius 1 is 1.25 bits per heavy atom. The molecule has 146 valence electrons. The summed E-state index contributed by atoms with van der Waals surface area (Å²) in [4.78, 5) is 22.0. The second-order valence-electron chi connectivity index (χ2n) is 5.80. The Bertz CT molecular complexity index is 1070. The predicted molar refractivity (Wildman–Crippen MR) is 99.4 cm³/mol. The first kappa shape index (κ1) is 18.5. The number of carbonyl (C=O) groups is 1. The number of nitrogens with one attached hydrogen (secondary N) is 1. The van der Waals surface area contributed by atoms with Crippen molar-refractivity contribution in [3.63, 3.8) is 0 Å². The van der Waals surface area contributed by atoms with Gasteiger partial charge in [0.1, 0.15) is 10.0 Å². The topological polar surface area (TPSA) is 128 Å². The van der Waals surface area contributed by atoms with Gasteiger partial charge in [0.25, 0.3) is 10.0 Å². The normalized spacial score (nSPS) is 14.8. The van der Waals surface area contributed by atoms with Crippen LogP contribution in [0.5, 0.6) is 0 Å². The second kappa shape index (κ2) is 7.66. The van der Waals surface area contributed by atoms with Crippen molar-refractivity contribution in [1.82, 2.24) is 20.0 Å². The van der Waals surface area contributed by atoms with Gasteiger partial charge >= 0.3 is 11.8 Å². The van der Waals surface area contributed by atoms with Gasteiger partial charge in [-0.2, -0.15) is 4.98 Å². The largest absolute Gasteiger partial charge is 0.378 e. The molecule has 4 heterocycles. The molecule has 0 atom stereocenters. The van der Waals surface area contributed by atoms with Gasteiger partial charge in [-0.3, -0.25) is 9.52 Å². The Labute approximate surface area is 164 Å². The van der Waals surface area contributed by atoms with Crippen molar-refractivity contribution in [1.29, 1.82) is 0 Å². The summed E-state index contributed by atoms with van der Waals surface area (Å²) < 4.78 is 37.7. The highest BCUT2D eigenvalue weighted by Gasteiger charge is 2.25. The smallest absolute Gasteiger partial charge is 0.316 e. The maximum atomic E-state index is 12.5. The number of sulfonamides is 1. The van der Waals surface area contributed by atoms with Crippen LogP contribution >= 0.6 is 11.3 Å². The van der Waals surface area contributed by atoms with Crippen LogP contribution < -0.4 is 4.72 Å². The number of morpholine rings is 1. The quantitative estimate of drug-likeness (QED) is 0.656. The van der Waals surface area contributed by atoms with Crippen molar-refractivity contribution in [2.75, 3.05) is 31.0 Å². The van der Waals surface area contributed by atoms with E-state index in [1.807, 2.05) is 0 Å². The molecule has 10 nitrogen and oxygen atoms in total. The first-order valence-corrected chi connectivity index (χ1v) is 10.6. The molecular weight excluding hydrogens is 406 g/mol. The van der Waals surface area contributed by atoms with E-state index in [9.17, 15) is 13.2 Å². The van der Waals surface area contributed by atoms with Crippen LogP contribution in [0.25, 0.3) is 11.4 Å². The monoisotopic (exact) mass is 421 g/mol. The van der Waals surface area contributed by atoms with Crippen molar-refractivity contribution in [2.45, 2.75) is 4.21 Å². The lowest BCUT2D eigenvalue weighted by atomic mass is 10.3. The number of amides is 1. The molecular formula is C16H15N5O5S2. The average Bonchev–Trinajstić information content (AvgIpc) is 3.38. The van der Waals surface area contributed by atoms with Crippen LogP contribution in [-0.4, -0.2) is 60.7 Å². The van der Waals surface area contributed by atoms with E-state index < -0.39 is 10.0 Å². The molecule has 1 saturated heterocycles. The molecule has 0 radical (unpaired) electrons. The molecule has 4 rings (SSSR count). The Balaban J connectivity index is 1.51. The highest BCUT2D eigenvalue weighted by molar-refractivity contribution is 7.94. The number of hydrogen-bond acceptors (Lipinski definition) is 9. The third-order valence-corrected chi connectivity index (χ3v) is 6.70. The van der Waals surface area contributed by atoms with Gasteiger partial charge in [0.15, 0.2) is 0 Å². The SMILES string of the molecule is O=C(c1nc(-c2csc(S(=O)(=O)Nc3ccccn3)c2)no1)N1CCOCC1. The lowest BCUT2D eigenvalue weighted by Gasteiger charge is -2.25. The van der Waals surface area contributed by atoms with E-state index in [2.05, 4.69) is 19.8 Å². The number of pyridine rings is 1. The molecule has 12 heteroatoms. The average molecular weight is 421 g/mol. The van der Waals surface area contributed by atoms with Crippen molar-refractivity contribution in [2.24, 2.45) is 0 Å². The number of thiophene rings is 1. The summed E-state index contributed by atoms with van der Waals surface area (Å²) in [5.41, 5.74) is 0.441. The van der Waals surface area contributed by atoms with Gasteiger partial charge in [-0.15, -0.1) is 11.3 Å². The van der Waals surface area contributed by atoms with Crippen molar-refractivity contribution in [3.8, 4) is 11.4 Å². The van der Waals surface area contributed by atoms with Gasteiger partial charge in [0.2, 0.25) is 5.82 Å². The highest BCUT2D eigenvalue weighted by Crippen LogP contribution is 2.28. The van der Waals surface area contributed by atoms with E-state index in [4.69, 9.17) is 9.26 Å². The molecule has 0 spiro atoms. The third-order valence-electron chi connectivity index (χ3n) is 3.91. The first-order valence-electron chi connectivity index (χ1n) is 8.26. The summed E-state index contributed by atoms with van der Waals surface area (Å²) >= 11 is 1.00. The number of hydrogen-bond donors (Lipinski definition) is 1. The van der Waals surface area contributed by atoms with Gasteiger partial charge in [0.05, 0.1) is 13.2 Å². The van der Waals surface area contributed by atoms with Crippen molar-refractivity contribution < 1.29 is 22.5 Å². The van der Waals surface area contributed by atoms with Crippen LogP contribution in [0.4, 0.5) is 5.82 Å². The van der Waals surface area contributed by atoms with E-state index in [1.165, 1.54) is 12.3 Å². The van der Waals surface area contributed by atoms with Gasteiger partial charge in [0, 0.05) is 30.2 Å². The van der Waals surface area contributed by atoms with E-state index in [-0.39, 0.29) is 27.6 Å². The Kier molecular flexibility index (Phi) is 5.07. The molecule has 1 N–H and O–H groups in total. The van der Waals surface area contributed by atoms with Crippen LogP contribution in [0.2, 0.25) is 0 Å². The fraction of sp³-hybridized carbons (Fsp3) is 0.250. The molecule has 0 unspecified atom stereocenters. The molecule has 0 aromatic carbocycles. The van der Waals surface area contributed by atoms with E-state index in [0.29, 0.717) is 31.9 Å². The number of nitrogens with zero attached hydrogens (tertiary/aromatic N) is 4. The minimum atomic E-state index is -3.80. The number of carbonyl (C=O) groups excluding carboxylic acids is 1. The zero-order valence-corrected chi connectivity index (χ0v) is 16.1. The Morgan fingerprint density at radius 2 is 2.07 bits per heavy atom. The number of anilines is 1. The van der Waals surface area contributed by atoms with Gasteiger partial charge in [-0.05, 0) is 18.2 Å². The second-order valence-corrected chi connectivity index (χ2v) is 8.62. The molecule has 1 aliphatic rings. The molecule has 0 saturated carbocycles. The zero-order valence-electron chi connectivity index (χ0n) is 14.4. The molecule has 28 heavy (non-hydrogen) atoms. The fourth-order valence-corrected chi connectivity index (χ4v) is 4.68. The summed E-state index contributed by atoms with van der Waals surface area (Å²) in [5, 5.41) is 5.38. The molecule has 1 fully saturated rings. The minimum absolute atomic E-state index is 0.0685. The molecule has 0 bridgehead atoms. The summed E-state index contributed by atoms with van der Waals surface area (Å²) in [5.74, 6) is -0.149. The number of aromatic nitrogens is 3. The maximum absolute atomic E-state index is 12.5. The van der Waals surface area contributed by atoms with Crippen LogP contribution in [0.1, 0.15) is 10.7 Å². The summed E-state index contributed by atoms with van der Waals surface area (Å²) in [6.07, 6.45) is 1.49. The van der Waals surface area contributed by atoms with Gasteiger partial charge < -0.3 is 14.2 Å². The molecule has 0 aliphatic carbocycles. The molecule has 3 aromatic heterocycles. The predicted octanol–water partition coefficient (Wildman–Crippen LogP) is 1.47. The van der Waals surface area contributed by atoms with Crippen LogP contribution in [0, 0.1) is 0 Å². The lowest BCUT2D eigenvalue weighted by Crippen LogP contribution is -2.40. The zero-order chi connectivity index (χ0) is 19.6. The van der Waals surface area contributed by atoms with E-state index >= 15 is 0 Å². The fourth-order valence-electron chi connectivity index (χ4n) is 2.52. The van der Waals surface area contributed by atoms with E-state index in [1.54, 1.807) is 28.5 Å². The van der Waals surface area contributed by atoms with Crippen molar-refractivity contribution in [3.05, 3.63) is 41.7 Å². The van der Waals surface area contributed by atoms with Crippen LogP contribution in [0.3, 0.4) is 0 Å². The Morgan fingerprint density at radius 3 is 2.82 bits per heavy atom. The highest BCUT2D eigenvalue weighted by atomic mass is 32.2. The van der Waals surface area contributed by atoms with Crippen molar-refractivity contribution >= 4 is 33.1 Å². The molecule has 1 amide bonds. The molecule has 1 aliphatic heterocycles. The first-order chi connectivity index (χ1) is 13.5. The van der Waals surface area contributed by atoms with Gasteiger partial charge in [-0.1, -0.05) is 11.2 Å².